The molecule has 1 amide bonds. The van der Waals surface area contributed by atoms with Gasteiger partial charge < -0.3 is 15.2 Å². The average molecular weight is 293 g/mol. The van der Waals surface area contributed by atoms with Gasteiger partial charge in [-0.2, -0.15) is 0 Å². The van der Waals surface area contributed by atoms with Gasteiger partial charge >= 0.3 is 5.97 Å². The Morgan fingerprint density at radius 2 is 2.00 bits per heavy atom. The maximum Gasteiger partial charge on any atom is 0.329 e. The maximum absolute atomic E-state index is 11.9. The van der Waals surface area contributed by atoms with Crippen molar-refractivity contribution in [3.63, 3.8) is 0 Å². The number of rotatable bonds is 7. The summed E-state index contributed by atoms with van der Waals surface area (Å²) in [6, 6.07) is 5.67. The van der Waals surface area contributed by atoms with Crippen LogP contribution in [0.25, 0.3) is 0 Å². The number of hydrogen-bond donors (Lipinski definition) is 2. The first-order chi connectivity index (χ1) is 9.78. The summed E-state index contributed by atoms with van der Waals surface area (Å²) in [5.74, 6) is -0.846. The summed E-state index contributed by atoms with van der Waals surface area (Å²) in [4.78, 5) is 23.1. The summed E-state index contributed by atoms with van der Waals surface area (Å²) >= 11 is 0. The lowest BCUT2D eigenvalue weighted by Crippen LogP contribution is -2.53. The molecule has 1 aromatic carbocycles. The van der Waals surface area contributed by atoms with E-state index in [9.17, 15) is 14.7 Å². The third kappa shape index (κ3) is 4.77. The molecular weight excluding hydrogens is 270 g/mol. The number of hydrogen-bond acceptors (Lipinski definition) is 3. The van der Waals surface area contributed by atoms with Crippen molar-refractivity contribution >= 4 is 11.9 Å². The number of carboxylic acids is 1. The molecule has 0 saturated heterocycles. The van der Waals surface area contributed by atoms with Gasteiger partial charge in [0, 0.05) is 0 Å². The van der Waals surface area contributed by atoms with Crippen LogP contribution in [-0.2, 0) is 9.59 Å². The highest BCUT2D eigenvalue weighted by atomic mass is 16.5. The first-order valence-electron chi connectivity index (χ1n) is 7.03. The minimum absolute atomic E-state index is 0.198. The second-order valence-corrected chi connectivity index (χ2v) is 5.49. The molecule has 0 heterocycles. The van der Waals surface area contributed by atoms with Gasteiger partial charge in [0.1, 0.15) is 11.3 Å². The minimum atomic E-state index is -1.25. The Bertz CT molecular complexity index is 527. The van der Waals surface area contributed by atoms with Crippen LogP contribution in [0.4, 0.5) is 0 Å². The molecule has 0 aromatic heterocycles. The van der Waals surface area contributed by atoms with Crippen LogP contribution in [0.15, 0.2) is 18.2 Å². The van der Waals surface area contributed by atoms with Crippen molar-refractivity contribution in [2.45, 2.75) is 46.1 Å². The molecule has 0 radical (unpaired) electrons. The third-order valence-electron chi connectivity index (χ3n) is 3.33. The summed E-state index contributed by atoms with van der Waals surface area (Å²) in [6.45, 7) is 7.06. The minimum Gasteiger partial charge on any atom is -0.484 e. The number of ether oxygens (including phenoxy) is 1. The molecule has 0 aliphatic carbocycles. The summed E-state index contributed by atoms with van der Waals surface area (Å²) in [7, 11) is 0. The lowest BCUT2D eigenvalue weighted by Gasteiger charge is -2.25. The van der Waals surface area contributed by atoms with Crippen LogP contribution in [0.1, 0.15) is 37.8 Å². The van der Waals surface area contributed by atoms with Gasteiger partial charge in [-0.25, -0.2) is 4.79 Å². The number of carbonyl (C=O) groups excluding carboxylic acids is 1. The van der Waals surface area contributed by atoms with E-state index in [2.05, 4.69) is 5.32 Å². The van der Waals surface area contributed by atoms with Gasteiger partial charge in [-0.1, -0.05) is 31.0 Å². The molecule has 0 spiro atoms. The Morgan fingerprint density at radius 1 is 1.33 bits per heavy atom. The molecule has 0 bridgehead atoms. The second-order valence-electron chi connectivity index (χ2n) is 5.49. The Morgan fingerprint density at radius 3 is 2.52 bits per heavy atom. The molecule has 21 heavy (non-hydrogen) atoms. The molecule has 1 unspecified atom stereocenters. The van der Waals surface area contributed by atoms with Gasteiger partial charge in [0.15, 0.2) is 6.61 Å². The average Bonchev–Trinajstić information content (AvgIpc) is 2.37. The summed E-state index contributed by atoms with van der Waals surface area (Å²) in [6.07, 6.45) is 1.04. The van der Waals surface area contributed by atoms with Gasteiger partial charge in [-0.15, -0.1) is 0 Å². The fourth-order valence-corrected chi connectivity index (χ4v) is 2.17. The van der Waals surface area contributed by atoms with Crippen LogP contribution < -0.4 is 10.1 Å². The van der Waals surface area contributed by atoms with Gasteiger partial charge in [0.2, 0.25) is 0 Å². The molecule has 5 nitrogen and oxygen atoms in total. The van der Waals surface area contributed by atoms with Gasteiger partial charge in [-0.3, -0.25) is 4.79 Å². The smallest absolute Gasteiger partial charge is 0.329 e. The molecule has 5 heteroatoms. The molecule has 0 aliphatic heterocycles. The first-order valence-corrected chi connectivity index (χ1v) is 7.03. The molecule has 2 N–H and O–H groups in total. The number of nitrogens with one attached hydrogen (secondary N) is 1. The second kappa shape index (κ2) is 7.11. The number of aliphatic carboxylic acids is 1. The van der Waals surface area contributed by atoms with Crippen molar-refractivity contribution in [2.24, 2.45) is 0 Å². The Kier molecular flexibility index (Phi) is 5.76. The summed E-state index contributed by atoms with van der Waals surface area (Å²) in [5.41, 5.74) is 0.806. The highest BCUT2D eigenvalue weighted by molar-refractivity contribution is 5.87. The number of carbonyl (C=O) groups is 2. The monoisotopic (exact) mass is 293 g/mol. The zero-order valence-electron chi connectivity index (χ0n) is 13.0. The van der Waals surface area contributed by atoms with E-state index in [4.69, 9.17) is 4.74 Å². The Labute approximate surface area is 125 Å². The fraction of sp³-hybridized carbons (Fsp3) is 0.500. The number of carboxylic acid groups (broad SMARTS) is 1. The summed E-state index contributed by atoms with van der Waals surface area (Å²) in [5, 5.41) is 11.7. The number of aryl methyl sites for hydroxylation is 2. The molecule has 116 valence electrons. The van der Waals surface area contributed by atoms with Crippen LogP contribution in [0.2, 0.25) is 0 Å². The molecule has 0 aliphatic rings. The highest BCUT2D eigenvalue weighted by Gasteiger charge is 2.33. The van der Waals surface area contributed by atoms with Crippen molar-refractivity contribution in [1.82, 2.24) is 5.32 Å². The Hall–Kier alpha value is -2.04. The van der Waals surface area contributed by atoms with Crippen LogP contribution in [0.5, 0.6) is 5.75 Å². The zero-order valence-corrected chi connectivity index (χ0v) is 13.0. The zero-order chi connectivity index (χ0) is 16.0. The van der Waals surface area contributed by atoms with Crippen LogP contribution >= 0.6 is 0 Å². The molecule has 1 rings (SSSR count). The quantitative estimate of drug-likeness (QED) is 0.809. The standard InChI is InChI=1S/C16H23NO4/c1-5-8-16(4,15(19)20)17-14(18)10-21-13-7-6-11(2)9-12(13)3/h6-7,9H,5,8,10H2,1-4H3,(H,17,18)(H,19,20). The van der Waals surface area contributed by atoms with E-state index in [0.29, 0.717) is 18.6 Å². The highest BCUT2D eigenvalue weighted by Crippen LogP contribution is 2.18. The number of benzene rings is 1. The van der Waals surface area contributed by atoms with E-state index in [0.717, 1.165) is 11.1 Å². The van der Waals surface area contributed by atoms with E-state index < -0.39 is 17.4 Å². The largest absolute Gasteiger partial charge is 0.484 e. The van der Waals surface area contributed by atoms with E-state index >= 15 is 0 Å². The lowest BCUT2D eigenvalue weighted by atomic mass is 9.96. The predicted molar refractivity (Wildman–Crippen MR) is 80.5 cm³/mol. The van der Waals surface area contributed by atoms with Gasteiger partial charge in [-0.05, 0) is 38.8 Å². The van der Waals surface area contributed by atoms with Crippen LogP contribution in [0.3, 0.4) is 0 Å². The summed E-state index contributed by atoms with van der Waals surface area (Å²) < 4.78 is 5.45. The third-order valence-corrected chi connectivity index (χ3v) is 3.33. The molecular formula is C16H23NO4. The fourth-order valence-electron chi connectivity index (χ4n) is 2.17. The SMILES string of the molecule is CCCC(C)(NC(=O)COc1ccc(C)cc1C)C(=O)O. The first kappa shape index (κ1) is 17.0. The van der Waals surface area contributed by atoms with E-state index in [1.54, 1.807) is 6.07 Å². The molecule has 0 saturated carbocycles. The van der Waals surface area contributed by atoms with Crippen molar-refractivity contribution in [2.75, 3.05) is 6.61 Å². The molecule has 0 fully saturated rings. The topological polar surface area (TPSA) is 75.6 Å². The normalized spacial score (nSPS) is 13.3. The van der Waals surface area contributed by atoms with Crippen molar-refractivity contribution in [1.29, 1.82) is 0 Å². The van der Waals surface area contributed by atoms with Crippen molar-refractivity contribution in [3.05, 3.63) is 29.3 Å². The predicted octanol–water partition coefficient (Wildman–Crippen LogP) is 2.44. The molecule has 1 atom stereocenters. The van der Waals surface area contributed by atoms with E-state index in [1.807, 2.05) is 32.9 Å². The Balaban J connectivity index is 2.63. The molecule has 1 aromatic rings. The van der Waals surface area contributed by atoms with Crippen LogP contribution in [-0.4, -0.2) is 29.1 Å². The van der Waals surface area contributed by atoms with Gasteiger partial charge in [0.05, 0.1) is 0 Å². The van der Waals surface area contributed by atoms with E-state index in [1.165, 1.54) is 6.92 Å². The van der Waals surface area contributed by atoms with E-state index in [-0.39, 0.29) is 6.61 Å². The van der Waals surface area contributed by atoms with Crippen LogP contribution in [0, 0.1) is 13.8 Å². The maximum atomic E-state index is 11.9. The van der Waals surface area contributed by atoms with Crippen molar-refractivity contribution < 1.29 is 19.4 Å². The number of amides is 1. The lowest BCUT2D eigenvalue weighted by molar-refractivity contribution is -0.147. The van der Waals surface area contributed by atoms with Crippen molar-refractivity contribution in [3.8, 4) is 5.75 Å². The van der Waals surface area contributed by atoms with Gasteiger partial charge in [0.25, 0.3) is 5.91 Å².